The first-order valence-electron chi connectivity index (χ1n) is 8.10. The molecule has 4 nitrogen and oxygen atoms in total. The highest BCUT2D eigenvalue weighted by Gasteiger charge is 2.35. The summed E-state index contributed by atoms with van der Waals surface area (Å²) < 4.78 is 21.1. The van der Waals surface area contributed by atoms with Gasteiger partial charge < -0.3 is 9.30 Å². The van der Waals surface area contributed by atoms with E-state index in [4.69, 9.17) is 4.74 Å². The van der Waals surface area contributed by atoms with Gasteiger partial charge in [-0.2, -0.15) is 0 Å². The van der Waals surface area contributed by atoms with Crippen LogP contribution >= 0.6 is 0 Å². The van der Waals surface area contributed by atoms with Gasteiger partial charge in [0.25, 0.3) is 0 Å². The van der Waals surface area contributed by atoms with E-state index in [-0.39, 0.29) is 29.3 Å². The minimum absolute atomic E-state index is 0.0507. The van der Waals surface area contributed by atoms with Crippen molar-refractivity contribution in [1.82, 2.24) is 4.57 Å². The number of ether oxygens (including phenoxy) is 1. The lowest BCUT2D eigenvalue weighted by Gasteiger charge is -2.12. The average molecular weight is 329 g/mol. The number of esters is 1. The van der Waals surface area contributed by atoms with Gasteiger partial charge in [-0.05, 0) is 51.0 Å². The Morgan fingerprint density at radius 2 is 2.00 bits per heavy atom. The van der Waals surface area contributed by atoms with Gasteiger partial charge in [0.2, 0.25) is 5.78 Å². The van der Waals surface area contributed by atoms with E-state index in [1.165, 1.54) is 12.1 Å². The van der Waals surface area contributed by atoms with Gasteiger partial charge in [0, 0.05) is 12.2 Å². The highest BCUT2D eigenvalue weighted by molar-refractivity contribution is 6.09. The molecule has 1 aliphatic rings. The summed E-state index contributed by atoms with van der Waals surface area (Å²) in [5.41, 5.74) is 2.03. The first-order chi connectivity index (χ1) is 11.4. The molecule has 2 aromatic rings. The number of hydrogen-bond acceptors (Lipinski definition) is 3. The number of halogens is 1. The van der Waals surface area contributed by atoms with Crippen LogP contribution < -0.4 is 0 Å². The van der Waals surface area contributed by atoms with Crippen LogP contribution in [0.25, 0.3) is 0 Å². The van der Waals surface area contributed by atoms with Crippen molar-refractivity contribution in [1.29, 1.82) is 0 Å². The van der Waals surface area contributed by atoms with E-state index in [1.807, 2.05) is 31.4 Å². The third-order valence-corrected chi connectivity index (χ3v) is 4.29. The van der Waals surface area contributed by atoms with Crippen molar-refractivity contribution in [3.63, 3.8) is 0 Å². The van der Waals surface area contributed by atoms with E-state index in [0.717, 1.165) is 11.3 Å². The molecule has 1 aliphatic heterocycles. The molecule has 0 N–H and O–H groups in total. The lowest BCUT2D eigenvalue weighted by Crippen LogP contribution is -2.18. The molecule has 3 rings (SSSR count). The Bertz CT molecular complexity index is 807. The standard InChI is InChI=1S/C19H20FNO3/c1-11(2)24-19(23)14-8-9-21-16(14)10-12(3)17(21)18(22)13-6-4-5-7-15(13)20/h4-7,10-11,14H,8-9H2,1-3H3. The monoisotopic (exact) mass is 329 g/mol. The molecule has 0 saturated carbocycles. The number of nitrogens with zero attached hydrogens (tertiary/aromatic N) is 1. The van der Waals surface area contributed by atoms with Gasteiger partial charge >= 0.3 is 5.97 Å². The van der Waals surface area contributed by atoms with Crippen molar-refractivity contribution < 1.29 is 18.7 Å². The van der Waals surface area contributed by atoms with Gasteiger partial charge in [-0.3, -0.25) is 9.59 Å². The molecule has 1 unspecified atom stereocenters. The van der Waals surface area contributed by atoms with E-state index >= 15 is 0 Å². The number of rotatable bonds is 4. The zero-order valence-electron chi connectivity index (χ0n) is 14.0. The third-order valence-electron chi connectivity index (χ3n) is 4.29. The molecule has 0 fully saturated rings. The Kier molecular flexibility index (Phi) is 4.26. The summed E-state index contributed by atoms with van der Waals surface area (Å²) in [6, 6.07) is 7.80. The maximum absolute atomic E-state index is 14.0. The molecule has 126 valence electrons. The summed E-state index contributed by atoms with van der Waals surface area (Å²) >= 11 is 0. The Morgan fingerprint density at radius 1 is 1.29 bits per heavy atom. The summed E-state index contributed by atoms with van der Waals surface area (Å²) in [5.74, 6) is -1.53. The van der Waals surface area contributed by atoms with E-state index in [9.17, 15) is 14.0 Å². The number of aromatic nitrogens is 1. The van der Waals surface area contributed by atoms with Crippen LogP contribution in [0.2, 0.25) is 0 Å². The molecule has 0 bridgehead atoms. The molecule has 2 heterocycles. The first kappa shape index (κ1) is 16.4. The summed E-state index contributed by atoms with van der Waals surface area (Å²) in [4.78, 5) is 25.0. The quantitative estimate of drug-likeness (QED) is 0.636. The van der Waals surface area contributed by atoms with Gasteiger partial charge in [0.1, 0.15) is 5.82 Å². The van der Waals surface area contributed by atoms with Crippen LogP contribution in [0.5, 0.6) is 0 Å². The SMILES string of the molecule is Cc1cc2n(c1C(=O)c1ccccc1F)CCC2C(=O)OC(C)C. The Balaban J connectivity index is 1.98. The number of ketones is 1. The van der Waals surface area contributed by atoms with Crippen molar-refractivity contribution in [2.75, 3.05) is 0 Å². The molecule has 0 amide bonds. The number of fused-ring (bicyclic) bond motifs is 1. The fourth-order valence-corrected chi connectivity index (χ4v) is 3.27. The van der Waals surface area contributed by atoms with Crippen LogP contribution in [0.3, 0.4) is 0 Å². The Morgan fingerprint density at radius 3 is 2.67 bits per heavy atom. The molecular formula is C19H20FNO3. The van der Waals surface area contributed by atoms with Crippen LogP contribution in [0, 0.1) is 12.7 Å². The fraction of sp³-hybridized carbons (Fsp3) is 0.368. The molecule has 24 heavy (non-hydrogen) atoms. The molecular weight excluding hydrogens is 309 g/mol. The van der Waals surface area contributed by atoms with E-state index in [1.54, 1.807) is 12.1 Å². The zero-order chi connectivity index (χ0) is 17.4. The molecule has 1 atom stereocenters. The average Bonchev–Trinajstić information content (AvgIpc) is 3.04. The lowest BCUT2D eigenvalue weighted by atomic mass is 10.0. The largest absolute Gasteiger partial charge is 0.462 e. The maximum atomic E-state index is 14.0. The van der Waals surface area contributed by atoms with Crippen molar-refractivity contribution >= 4 is 11.8 Å². The summed E-state index contributed by atoms with van der Waals surface area (Å²) in [7, 11) is 0. The second-order valence-corrected chi connectivity index (χ2v) is 6.39. The molecule has 0 aliphatic carbocycles. The van der Waals surface area contributed by atoms with Crippen molar-refractivity contribution in [3.8, 4) is 0 Å². The lowest BCUT2D eigenvalue weighted by molar-refractivity contribution is -0.149. The normalized spacial score (nSPS) is 16.3. The van der Waals surface area contributed by atoms with Crippen molar-refractivity contribution in [2.24, 2.45) is 0 Å². The summed E-state index contributed by atoms with van der Waals surface area (Å²) in [6.45, 7) is 5.98. The zero-order valence-corrected chi connectivity index (χ0v) is 14.0. The second-order valence-electron chi connectivity index (χ2n) is 6.39. The molecule has 0 radical (unpaired) electrons. The third kappa shape index (κ3) is 2.75. The van der Waals surface area contributed by atoms with E-state index in [2.05, 4.69) is 0 Å². The van der Waals surface area contributed by atoms with Crippen LogP contribution in [-0.4, -0.2) is 22.4 Å². The second kappa shape index (κ2) is 6.23. The molecule has 1 aromatic carbocycles. The molecule has 0 saturated heterocycles. The Hall–Kier alpha value is -2.43. The molecule has 5 heteroatoms. The van der Waals surface area contributed by atoms with Gasteiger partial charge in [0.15, 0.2) is 0 Å². The predicted molar refractivity (Wildman–Crippen MR) is 87.6 cm³/mol. The predicted octanol–water partition coefficient (Wildman–Crippen LogP) is 3.61. The minimum Gasteiger partial charge on any atom is -0.462 e. The number of benzene rings is 1. The maximum Gasteiger partial charge on any atom is 0.315 e. The minimum atomic E-state index is -0.536. The Labute approximate surface area is 140 Å². The number of carbonyl (C=O) groups excluding carboxylic acids is 2. The van der Waals surface area contributed by atoms with Crippen molar-refractivity contribution in [2.45, 2.75) is 45.8 Å². The van der Waals surface area contributed by atoms with E-state index < -0.39 is 5.82 Å². The van der Waals surface area contributed by atoms with Crippen LogP contribution in [0.15, 0.2) is 30.3 Å². The van der Waals surface area contributed by atoms with Crippen LogP contribution in [0.1, 0.15) is 53.5 Å². The first-order valence-corrected chi connectivity index (χ1v) is 8.10. The number of carbonyl (C=O) groups is 2. The smallest absolute Gasteiger partial charge is 0.315 e. The van der Waals surface area contributed by atoms with Crippen molar-refractivity contribution in [3.05, 3.63) is 58.7 Å². The fourth-order valence-electron chi connectivity index (χ4n) is 3.27. The highest BCUT2D eigenvalue weighted by Crippen LogP contribution is 2.34. The number of hydrogen-bond donors (Lipinski definition) is 0. The molecule has 0 spiro atoms. The molecule has 1 aromatic heterocycles. The summed E-state index contributed by atoms with van der Waals surface area (Å²) in [5, 5.41) is 0. The van der Waals surface area contributed by atoms with Crippen LogP contribution in [0.4, 0.5) is 4.39 Å². The topological polar surface area (TPSA) is 48.3 Å². The van der Waals surface area contributed by atoms with Crippen LogP contribution in [-0.2, 0) is 16.1 Å². The summed E-state index contributed by atoms with van der Waals surface area (Å²) in [6.07, 6.45) is 0.417. The van der Waals surface area contributed by atoms with Gasteiger partial charge in [-0.25, -0.2) is 4.39 Å². The van der Waals surface area contributed by atoms with Gasteiger partial charge in [-0.1, -0.05) is 12.1 Å². The van der Waals surface area contributed by atoms with Gasteiger partial charge in [-0.15, -0.1) is 0 Å². The van der Waals surface area contributed by atoms with Gasteiger partial charge in [0.05, 0.1) is 23.3 Å². The highest BCUT2D eigenvalue weighted by atomic mass is 19.1. The number of aryl methyl sites for hydroxylation is 1. The van der Waals surface area contributed by atoms with E-state index in [0.29, 0.717) is 18.7 Å².